The minimum atomic E-state index is 0.579. The molecule has 3 heteroatoms. The van der Waals surface area contributed by atoms with E-state index in [0.717, 1.165) is 10.4 Å². The van der Waals surface area contributed by atoms with Gasteiger partial charge in [-0.3, -0.25) is 0 Å². The summed E-state index contributed by atoms with van der Waals surface area (Å²) in [6, 6.07) is 7.04. The van der Waals surface area contributed by atoms with Crippen molar-refractivity contribution in [1.82, 2.24) is 0 Å². The molecule has 1 saturated carbocycles. The van der Waals surface area contributed by atoms with E-state index in [9.17, 15) is 0 Å². The van der Waals surface area contributed by atoms with Gasteiger partial charge in [-0.25, -0.2) is 0 Å². The van der Waals surface area contributed by atoms with Crippen molar-refractivity contribution in [1.29, 1.82) is 0 Å². The Balaban J connectivity index is 2.21. The lowest BCUT2D eigenvalue weighted by Gasteiger charge is -2.36. The lowest BCUT2D eigenvalue weighted by Crippen LogP contribution is -2.36. The molecule has 0 aliphatic heterocycles. The average Bonchev–Trinajstić information content (AvgIpc) is 2.38. The van der Waals surface area contributed by atoms with Gasteiger partial charge in [0.2, 0.25) is 0 Å². The van der Waals surface area contributed by atoms with Gasteiger partial charge in [0.05, 0.1) is 0 Å². The molecule has 2 atom stereocenters. The molecule has 0 radical (unpaired) electrons. The van der Waals surface area contributed by atoms with Crippen LogP contribution in [0.4, 0.5) is 5.69 Å². The van der Waals surface area contributed by atoms with Crippen LogP contribution in [0.1, 0.15) is 38.2 Å². The van der Waals surface area contributed by atoms with Gasteiger partial charge in [-0.05, 0) is 36.5 Å². The molecule has 0 amide bonds. The van der Waals surface area contributed by atoms with Gasteiger partial charge in [0, 0.05) is 29.1 Å². The van der Waals surface area contributed by atoms with Crippen LogP contribution in [0.3, 0.4) is 0 Å². The topological polar surface area (TPSA) is 3.24 Å². The van der Waals surface area contributed by atoms with E-state index < -0.39 is 0 Å². The van der Waals surface area contributed by atoms with Crippen molar-refractivity contribution in [3.8, 4) is 0 Å². The van der Waals surface area contributed by atoms with Gasteiger partial charge in [0.15, 0.2) is 0 Å². The summed E-state index contributed by atoms with van der Waals surface area (Å²) in [5, 5.41) is 0. The van der Waals surface area contributed by atoms with Gasteiger partial charge in [0.25, 0.3) is 0 Å². The first-order valence-corrected chi connectivity index (χ1v) is 8.01. The van der Waals surface area contributed by atoms with E-state index in [1.165, 1.54) is 36.9 Å². The van der Waals surface area contributed by atoms with Crippen LogP contribution in [0.5, 0.6) is 0 Å². The lowest BCUT2D eigenvalue weighted by molar-refractivity contribution is 0.336. The SMILES string of the molecule is CC1CCCC(N(C)c2cc(Br)ccc2CCl)C1. The van der Waals surface area contributed by atoms with E-state index >= 15 is 0 Å². The molecule has 1 aromatic carbocycles. The Morgan fingerprint density at radius 2 is 2.17 bits per heavy atom. The highest BCUT2D eigenvalue weighted by Gasteiger charge is 2.23. The van der Waals surface area contributed by atoms with E-state index in [-0.39, 0.29) is 0 Å². The van der Waals surface area contributed by atoms with E-state index in [2.05, 4.69) is 53.0 Å². The first-order chi connectivity index (χ1) is 8.61. The Labute approximate surface area is 124 Å². The molecular formula is C15H21BrClN. The third kappa shape index (κ3) is 3.21. The van der Waals surface area contributed by atoms with Crippen LogP contribution < -0.4 is 4.90 Å². The minimum absolute atomic E-state index is 0.579. The van der Waals surface area contributed by atoms with Gasteiger partial charge in [0.1, 0.15) is 0 Å². The molecule has 100 valence electrons. The standard InChI is InChI=1S/C15H21BrClN/c1-11-4-3-5-14(8-11)18(2)15-9-13(16)7-6-12(15)10-17/h6-7,9,11,14H,3-5,8,10H2,1-2H3. The number of benzene rings is 1. The number of halogens is 2. The summed E-state index contributed by atoms with van der Waals surface area (Å²) >= 11 is 9.61. The maximum absolute atomic E-state index is 6.05. The van der Waals surface area contributed by atoms with Crippen molar-refractivity contribution in [2.24, 2.45) is 5.92 Å². The van der Waals surface area contributed by atoms with Gasteiger partial charge < -0.3 is 4.90 Å². The molecule has 0 saturated heterocycles. The van der Waals surface area contributed by atoms with Crippen molar-refractivity contribution in [3.63, 3.8) is 0 Å². The third-order valence-electron chi connectivity index (χ3n) is 4.03. The van der Waals surface area contributed by atoms with Crippen molar-refractivity contribution in [3.05, 3.63) is 28.2 Å². The molecule has 0 bridgehead atoms. The van der Waals surface area contributed by atoms with E-state index in [4.69, 9.17) is 11.6 Å². The molecule has 0 N–H and O–H groups in total. The predicted octanol–water partition coefficient (Wildman–Crippen LogP) is 5.20. The van der Waals surface area contributed by atoms with Crippen molar-refractivity contribution in [2.75, 3.05) is 11.9 Å². The zero-order valence-corrected chi connectivity index (χ0v) is 13.5. The second-order valence-electron chi connectivity index (χ2n) is 5.44. The zero-order valence-electron chi connectivity index (χ0n) is 11.1. The highest BCUT2D eigenvalue weighted by Crippen LogP contribution is 2.33. The van der Waals surface area contributed by atoms with Crippen LogP contribution in [0, 0.1) is 5.92 Å². The average molecular weight is 331 g/mol. The van der Waals surface area contributed by atoms with Crippen LogP contribution in [-0.2, 0) is 5.88 Å². The van der Waals surface area contributed by atoms with E-state index in [1.54, 1.807) is 0 Å². The fourth-order valence-electron chi connectivity index (χ4n) is 2.93. The highest BCUT2D eigenvalue weighted by molar-refractivity contribution is 9.10. The van der Waals surface area contributed by atoms with Gasteiger partial charge in [-0.2, -0.15) is 0 Å². The van der Waals surface area contributed by atoms with Crippen LogP contribution >= 0.6 is 27.5 Å². The Bertz CT molecular complexity index is 407. The van der Waals surface area contributed by atoms with E-state index in [0.29, 0.717) is 11.9 Å². The second-order valence-corrected chi connectivity index (χ2v) is 6.63. The second kappa shape index (κ2) is 6.29. The van der Waals surface area contributed by atoms with Gasteiger partial charge in [-0.1, -0.05) is 41.8 Å². The smallest absolute Gasteiger partial charge is 0.0494 e. The normalized spacial score (nSPS) is 24.0. The summed E-state index contributed by atoms with van der Waals surface area (Å²) in [6.45, 7) is 2.36. The maximum Gasteiger partial charge on any atom is 0.0494 e. The van der Waals surface area contributed by atoms with Crippen molar-refractivity contribution < 1.29 is 0 Å². The molecule has 1 nitrogen and oxygen atoms in total. The molecular weight excluding hydrogens is 310 g/mol. The van der Waals surface area contributed by atoms with Crippen LogP contribution in [-0.4, -0.2) is 13.1 Å². The molecule has 1 fully saturated rings. The van der Waals surface area contributed by atoms with Crippen LogP contribution in [0.25, 0.3) is 0 Å². The summed E-state index contributed by atoms with van der Waals surface area (Å²) < 4.78 is 1.13. The zero-order chi connectivity index (χ0) is 13.1. The summed E-state index contributed by atoms with van der Waals surface area (Å²) in [6.07, 6.45) is 5.32. The molecule has 1 aromatic rings. The van der Waals surface area contributed by atoms with E-state index in [1.807, 2.05) is 0 Å². The van der Waals surface area contributed by atoms with Crippen LogP contribution in [0.2, 0.25) is 0 Å². The van der Waals surface area contributed by atoms with Crippen molar-refractivity contribution >= 4 is 33.2 Å². The Kier molecular flexibility index (Phi) is 4.97. The number of rotatable bonds is 3. The molecule has 1 aliphatic carbocycles. The molecule has 0 heterocycles. The molecule has 18 heavy (non-hydrogen) atoms. The maximum atomic E-state index is 6.05. The van der Waals surface area contributed by atoms with Gasteiger partial charge in [-0.15, -0.1) is 11.6 Å². The Morgan fingerprint density at radius 3 is 2.83 bits per heavy atom. The Morgan fingerprint density at radius 1 is 1.39 bits per heavy atom. The predicted molar refractivity (Wildman–Crippen MR) is 83.5 cm³/mol. The first kappa shape index (κ1) is 14.2. The molecule has 2 unspecified atom stereocenters. The summed E-state index contributed by atoms with van der Waals surface area (Å²) in [5.41, 5.74) is 2.50. The third-order valence-corrected chi connectivity index (χ3v) is 4.81. The van der Waals surface area contributed by atoms with Crippen LogP contribution in [0.15, 0.2) is 22.7 Å². The first-order valence-electron chi connectivity index (χ1n) is 6.69. The number of alkyl halides is 1. The molecule has 0 aromatic heterocycles. The molecule has 2 rings (SSSR count). The Hall–Kier alpha value is -0.210. The number of nitrogens with zero attached hydrogens (tertiary/aromatic N) is 1. The monoisotopic (exact) mass is 329 g/mol. The fraction of sp³-hybridized carbons (Fsp3) is 0.600. The quantitative estimate of drug-likeness (QED) is 0.688. The summed E-state index contributed by atoms with van der Waals surface area (Å²) in [4.78, 5) is 2.43. The van der Waals surface area contributed by atoms with Gasteiger partial charge >= 0.3 is 0 Å². The highest BCUT2D eigenvalue weighted by atomic mass is 79.9. The summed E-state index contributed by atoms with van der Waals surface area (Å²) in [5.74, 6) is 1.42. The fourth-order valence-corrected chi connectivity index (χ4v) is 3.50. The lowest BCUT2D eigenvalue weighted by atomic mass is 9.86. The molecule has 1 aliphatic rings. The summed E-state index contributed by atoms with van der Waals surface area (Å²) in [7, 11) is 2.21. The van der Waals surface area contributed by atoms with Crippen molar-refractivity contribution in [2.45, 2.75) is 44.5 Å². The molecule has 0 spiro atoms. The number of hydrogen-bond donors (Lipinski definition) is 0. The number of hydrogen-bond acceptors (Lipinski definition) is 1. The number of anilines is 1. The minimum Gasteiger partial charge on any atom is -0.371 e. The largest absolute Gasteiger partial charge is 0.371 e.